The summed E-state index contributed by atoms with van der Waals surface area (Å²) in [6.45, 7) is 0.908. The Morgan fingerprint density at radius 2 is 2.35 bits per heavy atom. The molecule has 20 heavy (non-hydrogen) atoms. The maximum atomic E-state index is 12.1. The summed E-state index contributed by atoms with van der Waals surface area (Å²) in [5, 5.41) is 8.77. The molecule has 1 aliphatic carbocycles. The van der Waals surface area contributed by atoms with Crippen LogP contribution in [0.15, 0.2) is 24.3 Å². The first-order chi connectivity index (χ1) is 9.78. The summed E-state index contributed by atoms with van der Waals surface area (Å²) < 4.78 is 5.45. The number of carbonyl (C=O) groups excluding carboxylic acids is 1. The van der Waals surface area contributed by atoms with Crippen molar-refractivity contribution < 1.29 is 9.53 Å². The lowest BCUT2D eigenvalue weighted by Gasteiger charge is -2.16. The lowest BCUT2D eigenvalue weighted by molar-refractivity contribution is -0.125. The van der Waals surface area contributed by atoms with Crippen LogP contribution in [0, 0.1) is 11.3 Å². The Labute approximate surface area is 118 Å². The molecule has 0 unspecified atom stereocenters. The second-order valence-corrected chi connectivity index (χ2v) is 5.15. The lowest BCUT2D eigenvalue weighted by atomic mass is 10.1. The summed E-state index contributed by atoms with van der Waals surface area (Å²) >= 11 is 0. The Kier molecular flexibility index (Phi) is 3.42. The highest BCUT2D eigenvalue weighted by Crippen LogP contribution is 2.28. The molecule has 0 saturated heterocycles. The Morgan fingerprint density at radius 1 is 1.50 bits per heavy atom. The molecule has 0 atom stereocenters. The van der Waals surface area contributed by atoms with Crippen molar-refractivity contribution in [2.75, 3.05) is 13.2 Å². The molecule has 0 bridgehead atoms. The molecule has 1 aromatic rings. The maximum Gasteiger partial charge on any atom is 0.247 e. The summed E-state index contributed by atoms with van der Waals surface area (Å²) in [7, 11) is 0. The van der Waals surface area contributed by atoms with Crippen molar-refractivity contribution in [2.45, 2.75) is 25.3 Å². The zero-order valence-electron chi connectivity index (χ0n) is 11.2. The number of fused-ring (bicyclic) bond motifs is 1. The molecule has 1 fully saturated rings. The predicted octanol–water partition coefficient (Wildman–Crippen LogP) is 2.15. The highest BCUT2D eigenvalue weighted by atomic mass is 16.5. The van der Waals surface area contributed by atoms with E-state index in [1.165, 1.54) is 5.56 Å². The number of nitriles is 1. The van der Waals surface area contributed by atoms with Crippen LogP contribution in [0.5, 0.6) is 5.75 Å². The molecule has 4 heteroatoms. The summed E-state index contributed by atoms with van der Waals surface area (Å²) in [5.41, 5.74) is 2.19. The van der Waals surface area contributed by atoms with Gasteiger partial charge in [-0.1, -0.05) is 6.07 Å². The lowest BCUT2D eigenvalue weighted by Crippen LogP contribution is -2.31. The molecule has 2 aliphatic rings. The zero-order valence-corrected chi connectivity index (χ0v) is 11.2. The predicted molar refractivity (Wildman–Crippen MR) is 75.0 cm³/mol. The molecule has 0 N–H and O–H groups in total. The van der Waals surface area contributed by atoms with Gasteiger partial charge in [0, 0.05) is 18.5 Å². The molecule has 0 aromatic heterocycles. The van der Waals surface area contributed by atoms with Gasteiger partial charge >= 0.3 is 0 Å². The number of nitrogens with zero attached hydrogens (tertiary/aromatic N) is 2. The Bertz CT molecular complexity index is 597. The van der Waals surface area contributed by atoms with Crippen LogP contribution in [-0.2, 0) is 11.2 Å². The number of hydrogen-bond acceptors (Lipinski definition) is 3. The van der Waals surface area contributed by atoms with Crippen LogP contribution in [0.3, 0.4) is 0 Å². The quantitative estimate of drug-likeness (QED) is 0.621. The number of amides is 1. The van der Waals surface area contributed by atoms with Gasteiger partial charge in [0.2, 0.25) is 5.91 Å². The fraction of sp³-hybridized carbons (Fsp3) is 0.375. The third kappa shape index (κ3) is 2.67. The molecule has 1 heterocycles. The van der Waals surface area contributed by atoms with E-state index < -0.39 is 0 Å². The zero-order chi connectivity index (χ0) is 13.9. The minimum atomic E-state index is -0.0780. The summed E-state index contributed by atoms with van der Waals surface area (Å²) in [6.07, 6.45) is 6.32. The van der Waals surface area contributed by atoms with Crippen molar-refractivity contribution in [3.8, 4) is 11.8 Å². The molecule has 4 nitrogen and oxygen atoms in total. The average Bonchev–Trinajstić information content (AvgIpc) is 3.19. The minimum Gasteiger partial charge on any atom is -0.493 e. The van der Waals surface area contributed by atoms with Gasteiger partial charge in [-0.05, 0) is 42.2 Å². The highest BCUT2D eigenvalue weighted by Gasteiger charge is 2.31. The number of benzene rings is 1. The summed E-state index contributed by atoms with van der Waals surface area (Å²) in [5.74, 6) is 0.864. The van der Waals surface area contributed by atoms with E-state index in [0.29, 0.717) is 0 Å². The second kappa shape index (κ2) is 5.38. The van der Waals surface area contributed by atoms with Gasteiger partial charge in [0.25, 0.3) is 0 Å². The SMILES string of the molecule is N#CCN(C(=O)/C=C\c1ccc2c(c1)CCO2)C1CC1. The normalized spacial score (nSPS) is 16.6. The van der Waals surface area contributed by atoms with Gasteiger partial charge in [0.05, 0.1) is 12.7 Å². The number of rotatable bonds is 4. The van der Waals surface area contributed by atoms with Gasteiger partial charge in [-0.2, -0.15) is 5.26 Å². The van der Waals surface area contributed by atoms with Gasteiger partial charge in [0.1, 0.15) is 12.3 Å². The molecule has 1 saturated carbocycles. The van der Waals surface area contributed by atoms with Crippen molar-refractivity contribution in [1.29, 1.82) is 5.26 Å². The first-order valence-corrected chi connectivity index (χ1v) is 6.89. The van der Waals surface area contributed by atoms with Crippen molar-refractivity contribution in [3.63, 3.8) is 0 Å². The van der Waals surface area contributed by atoms with Gasteiger partial charge in [0.15, 0.2) is 0 Å². The van der Waals surface area contributed by atoms with E-state index in [-0.39, 0.29) is 18.5 Å². The van der Waals surface area contributed by atoms with E-state index in [0.717, 1.165) is 37.2 Å². The Hall–Kier alpha value is -2.28. The van der Waals surface area contributed by atoms with Crippen LogP contribution in [0.1, 0.15) is 24.0 Å². The van der Waals surface area contributed by atoms with E-state index in [1.807, 2.05) is 18.2 Å². The van der Waals surface area contributed by atoms with E-state index in [2.05, 4.69) is 12.1 Å². The molecule has 3 rings (SSSR count). The Balaban J connectivity index is 1.70. The fourth-order valence-corrected chi connectivity index (χ4v) is 2.42. The smallest absolute Gasteiger partial charge is 0.247 e. The van der Waals surface area contributed by atoms with Crippen molar-refractivity contribution in [3.05, 3.63) is 35.4 Å². The Morgan fingerprint density at radius 3 is 3.10 bits per heavy atom. The van der Waals surface area contributed by atoms with Crippen LogP contribution >= 0.6 is 0 Å². The average molecular weight is 268 g/mol. The van der Waals surface area contributed by atoms with Gasteiger partial charge < -0.3 is 9.64 Å². The van der Waals surface area contributed by atoms with E-state index in [9.17, 15) is 4.79 Å². The van der Waals surface area contributed by atoms with E-state index in [4.69, 9.17) is 10.00 Å². The van der Waals surface area contributed by atoms with Gasteiger partial charge in [-0.25, -0.2) is 0 Å². The minimum absolute atomic E-state index is 0.0780. The number of hydrogen-bond donors (Lipinski definition) is 0. The van der Waals surface area contributed by atoms with Crippen molar-refractivity contribution >= 4 is 12.0 Å². The second-order valence-electron chi connectivity index (χ2n) is 5.15. The molecule has 1 aromatic carbocycles. The molecular formula is C16H16N2O2. The monoisotopic (exact) mass is 268 g/mol. The van der Waals surface area contributed by atoms with Crippen LogP contribution in [0.4, 0.5) is 0 Å². The topological polar surface area (TPSA) is 53.3 Å². The van der Waals surface area contributed by atoms with Crippen LogP contribution < -0.4 is 4.74 Å². The third-order valence-electron chi connectivity index (χ3n) is 3.64. The van der Waals surface area contributed by atoms with Crippen molar-refractivity contribution in [2.24, 2.45) is 0 Å². The fourth-order valence-electron chi connectivity index (χ4n) is 2.42. The van der Waals surface area contributed by atoms with Crippen LogP contribution in [0.2, 0.25) is 0 Å². The number of ether oxygens (including phenoxy) is 1. The summed E-state index contributed by atoms with van der Waals surface area (Å²) in [6, 6.07) is 8.26. The van der Waals surface area contributed by atoms with Crippen molar-refractivity contribution in [1.82, 2.24) is 4.90 Å². The third-order valence-corrected chi connectivity index (χ3v) is 3.64. The molecule has 0 spiro atoms. The van der Waals surface area contributed by atoms with Crippen LogP contribution in [0.25, 0.3) is 6.08 Å². The van der Waals surface area contributed by atoms with Gasteiger partial charge in [-0.3, -0.25) is 4.79 Å². The first-order valence-electron chi connectivity index (χ1n) is 6.89. The highest BCUT2D eigenvalue weighted by molar-refractivity contribution is 5.92. The number of carbonyl (C=O) groups is 1. The first kappa shape index (κ1) is 12.7. The van der Waals surface area contributed by atoms with Gasteiger partial charge in [-0.15, -0.1) is 0 Å². The van der Waals surface area contributed by atoms with E-state index >= 15 is 0 Å². The molecular weight excluding hydrogens is 252 g/mol. The molecule has 102 valence electrons. The van der Waals surface area contributed by atoms with E-state index in [1.54, 1.807) is 11.0 Å². The largest absolute Gasteiger partial charge is 0.493 e. The standard InChI is InChI=1S/C16H16N2O2/c17-8-9-18(14-3-4-14)16(19)6-2-12-1-5-15-13(11-12)7-10-20-15/h1-2,5-6,11,14H,3-4,7,9-10H2/b6-2-. The molecule has 1 amide bonds. The molecule has 0 radical (unpaired) electrons. The maximum absolute atomic E-state index is 12.1. The summed E-state index contributed by atoms with van der Waals surface area (Å²) in [4.78, 5) is 13.7. The molecule has 1 aliphatic heterocycles. The van der Waals surface area contributed by atoms with Crippen LogP contribution in [-0.4, -0.2) is 30.0 Å².